The number of rotatable bonds is 3. The van der Waals surface area contributed by atoms with E-state index in [0.29, 0.717) is 11.8 Å². The number of aromatic nitrogens is 3. The van der Waals surface area contributed by atoms with E-state index in [1.54, 1.807) is 0 Å². The van der Waals surface area contributed by atoms with Crippen LogP contribution in [0, 0.1) is 11.8 Å². The Balaban J connectivity index is 1.69. The first-order chi connectivity index (χ1) is 8.35. The molecule has 0 radical (unpaired) electrons. The van der Waals surface area contributed by atoms with Gasteiger partial charge in [-0.25, -0.2) is 9.67 Å². The van der Waals surface area contributed by atoms with Gasteiger partial charge in [0.25, 0.3) is 0 Å². The summed E-state index contributed by atoms with van der Waals surface area (Å²) in [6.07, 6.45) is 4.24. The number of aliphatic hydroxyl groups is 1. The molecular formula is C12H20N4O. The monoisotopic (exact) mass is 236 g/mol. The van der Waals surface area contributed by atoms with Crippen molar-refractivity contribution < 1.29 is 5.11 Å². The molecule has 2 atom stereocenters. The molecule has 3 rings (SSSR count). The van der Waals surface area contributed by atoms with Gasteiger partial charge in [0.15, 0.2) is 5.82 Å². The lowest BCUT2D eigenvalue weighted by molar-refractivity contribution is 0.185. The second-order valence-corrected chi connectivity index (χ2v) is 5.28. The number of hydrogen-bond donors (Lipinski definition) is 2. The van der Waals surface area contributed by atoms with Gasteiger partial charge in [-0.15, -0.1) is 0 Å². The lowest BCUT2D eigenvalue weighted by Crippen LogP contribution is -2.23. The van der Waals surface area contributed by atoms with E-state index in [1.807, 2.05) is 4.68 Å². The highest BCUT2D eigenvalue weighted by atomic mass is 16.3. The molecule has 2 aliphatic rings. The molecule has 94 valence electrons. The molecule has 0 amide bonds. The molecule has 5 heteroatoms. The summed E-state index contributed by atoms with van der Waals surface area (Å²) in [5.41, 5.74) is 0. The summed E-state index contributed by atoms with van der Waals surface area (Å²) < 4.78 is 2.00. The molecule has 1 aromatic rings. The summed E-state index contributed by atoms with van der Waals surface area (Å²) in [6, 6.07) is 0. The first-order valence-electron chi connectivity index (χ1n) is 6.59. The summed E-state index contributed by atoms with van der Waals surface area (Å²) in [5.74, 6) is 3.17. The highest BCUT2D eigenvalue weighted by molar-refractivity contribution is 4.98. The highest BCUT2D eigenvalue weighted by Crippen LogP contribution is 2.19. The molecule has 0 saturated carbocycles. The van der Waals surface area contributed by atoms with Crippen molar-refractivity contribution in [2.45, 2.75) is 32.2 Å². The number of fused-ring (bicyclic) bond motifs is 1. The average molecular weight is 236 g/mol. The van der Waals surface area contributed by atoms with E-state index in [-0.39, 0.29) is 6.61 Å². The molecule has 1 saturated heterocycles. The normalized spacial score (nSPS) is 28.3. The SMILES string of the molecule is OCC1CCc2nc(CC3CCNC3)nn2C1. The zero-order valence-corrected chi connectivity index (χ0v) is 10.1. The third-order valence-corrected chi connectivity index (χ3v) is 3.89. The standard InChI is InChI=1S/C12H20N4O/c17-8-10-1-2-12-14-11(15-16(12)7-10)5-9-3-4-13-6-9/h9-10,13,17H,1-8H2. The Morgan fingerprint density at radius 1 is 1.35 bits per heavy atom. The van der Waals surface area contributed by atoms with E-state index >= 15 is 0 Å². The molecule has 0 aromatic carbocycles. The lowest BCUT2D eigenvalue weighted by atomic mass is 10.0. The van der Waals surface area contributed by atoms with Gasteiger partial charge in [-0.1, -0.05) is 0 Å². The van der Waals surface area contributed by atoms with Crippen molar-refractivity contribution in [3.05, 3.63) is 11.6 Å². The van der Waals surface area contributed by atoms with Crippen molar-refractivity contribution >= 4 is 0 Å². The number of hydrogen-bond acceptors (Lipinski definition) is 4. The molecule has 1 fully saturated rings. The van der Waals surface area contributed by atoms with E-state index in [1.165, 1.54) is 6.42 Å². The van der Waals surface area contributed by atoms with Gasteiger partial charge < -0.3 is 10.4 Å². The Morgan fingerprint density at radius 3 is 3.06 bits per heavy atom. The Hall–Kier alpha value is -0.940. The van der Waals surface area contributed by atoms with Crippen LogP contribution in [0.3, 0.4) is 0 Å². The summed E-state index contributed by atoms with van der Waals surface area (Å²) >= 11 is 0. The van der Waals surface area contributed by atoms with Crippen LogP contribution in [0.2, 0.25) is 0 Å². The van der Waals surface area contributed by atoms with Gasteiger partial charge in [0.2, 0.25) is 0 Å². The Bertz CT molecular complexity index is 384. The van der Waals surface area contributed by atoms with Crippen molar-refractivity contribution in [1.82, 2.24) is 20.1 Å². The van der Waals surface area contributed by atoms with Gasteiger partial charge in [-0.05, 0) is 31.8 Å². The molecule has 2 aliphatic heterocycles. The average Bonchev–Trinajstić information content (AvgIpc) is 2.96. The Kier molecular flexibility index (Phi) is 3.11. The predicted molar refractivity (Wildman–Crippen MR) is 63.6 cm³/mol. The van der Waals surface area contributed by atoms with E-state index in [0.717, 1.165) is 50.5 Å². The lowest BCUT2D eigenvalue weighted by Gasteiger charge is -2.19. The second kappa shape index (κ2) is 4.74. The van der Waals surface area contributed by atoms with Crippen LogP contribution in [0.25, 0.3) is 0 Å². The third-order valence-electron chi connectivity index (χ3n) is 3.89. The zero-order chi connectivity index (χ0) is 11.7. The molecule has 17 heavy (non-hydrogen) atoms. The van der Waals surface area contributed by atoms with Gasteiger partial charge in [0.05, 0.1) is 0 Å². The molecule has 0 bridgehead atoms. The first-order valence-corrected chi connectivity index (χ1v) is 6.59. The van der Waals surface area contributed by atoms with Crippen molar-refractivity contribution in [2.75, 3.05) is 19.7 Å². The van der Waals surface area contributed by atoms with Gasteiger partial charge in [0, 0.05) is 31.9 Å². The molecule has 0 spiro atoms. The maximum atomic E-state index is 9.18. The molecule has 3 heterocycles. The van der Waals surface area contributed by atoms with Crippen LogP contribution in [-0.4, -0.2) is 39.6 Å². The summed E-state index contributed by atoms with van der Waals surface area (Å²) in [6.45, 7) is 3.33. The summed E-state index contributed by atoms with van der Waals surface area (Å²) in [7, 11) is 0. The minimum atomic E-state index is 0.265. The first kappa shape index (κ1) is 11.2. The van der Waals surface area contributed by atoms with Crippen molar-refractivity contribution in [3.8, 4) is 0 Å². The molecular weight excluding hydrogens is 216 g/mol. The zero-order valence-electron chi connectivity index (χ0n) is 10.1. The fraction of sp³-hybridized carbons (Fsp3) is 0.833. The highest BCUT2D eigenvalue weighted by Gasteiger charge is 2.23. The van der Waals surface area contributed by atoms with Crippen LogP contribution in [0.4, 0.5) is 0 Å². The van der Waals surface area contributed by atoms with Crippen molar-refractivity contribution in [3.63, 3.8) is 0 Å². The predicted octanol–water partition coefficient (Wildman–Crippen LogP) is -0.0152. The maximum Gasteiger partial charge on any atom is 0.151 e. The second-order valence-electron chi connectivity index (χ2n) is 5.28. The number of aryl methyl sites for hydroxylation is 1. The molecule has 2 unspecified atom stereocenters. The number of nitrogens with zero attached hydrogens (tertiary/aromatic N) is 3. The molecule has 2 N–H and O–H groups in total. The van der Waals surface area contributed by atoms with E-state index < -0.39 is 0 Å². The van der Waals surface area contributed by atoms with Crippen molar-refractivity contribution in [1.29, 1.82) is 0 Å². The van der Waals surface area contributed by atoms with Gasteiger partial charge >= 0.3 is 0 Å². The van der Waals surface area contributed by atoms with Crippen LogP contribution in [0.5, 0.6) is 0 Å². The van der Waals surface area contributed by atoms with Crippen LogP contribution in [0.1, 0.15) is 24.5 Å². The van der Waals surface area contributed by atoms with Crippen LogP contribution in [0.15, 0.2) is 0 Å². The maximum absolute atomic E-state index is 9.18. The Labute approximate surface area is 101 Å². The summed E-state index contributed by atoms with van der Waals surface area (Å²) in [4.78, 5) is 4.63. The summed E-state index contributed by atoms with van der Waals surface area (Å²) in [5, 5.41) is 17.1. The van der Waals surface area contributed by atoms with E-state index in [9.17, 15) is 5.11 Å². The van der Waals surface area contributed by atoms with Gasteiger partial charge in [0.1, 0.15) is 5.82 Å². The number of nitrogens with one attached hydrogen (secondary N) is 1. The quantitative estimate of drug-likeness (QED) is 0.774. The van der Waals surface area contributed by atoms with Crippen LogP contribution >= 0.6 is 0 Å². The molecule has 5 nitrogen and oxygen atoms in total. The Morgan fingerprint density at radius 2 is 2.29 bits per heavy atom. The van der Waals surface area contributed by atoms with Crippen LogP contribution in [-0.2, 0) is 19.4 Å². The topological polar surface area (TPSA) is 63.0 Å². The molecule has 0 aliphatic carbocycles. The third kappa shape index (κ3) is 2.35. The molecule has 1 aromatic heterocycles. The minimum Gasteiger partial charge on any atom is -0.396 e. The van der Waals surface area contributed by atoms with E-state index in [4.69, 9.17) is 0 Å². The largest absolute Gasteiger partial charge is 0.396 e. The van der Waals surface area contributed by atoms with E-state index in [2.05, 4.69) is 15.4 Å². The number of aliphatic hydroxyl groups excluding tert-OH is 1. The fourth-order valence-electron chi connectivity index (χ4n) is 2.81. The van der Waals surface area contributed by atoms with Gasteiger partial charge in [-0.3, -0.25) is 0 Å². The minimum absolute atomic E-state index is 0.265. The van der Waals surface area contributed by atoms with Crippen molar-refractivity contribution in [2.24, 2.45) is 11.8 Å². The van der Waals surface area contributed by atoms with Gasteiger partial charge in [-0.2, -0.15) is 5.10 Å². The fourth-order valence-corrected chi connectivity index (χ4v) is 2.81. The van der Waals surface area contributed by atoms with Crippen LogP contribution < -0.4 is 5.32 Å². The smallest absolute Gasteiger partial charge is 0.151 e.